The lowest BCUT2D eigenvalue weighted by atomic mass is 10.0. The Bertz CT molecular complexity index is 635. The van der Waals surface area contributed by atoms with Crippen molar-refractivity contribution in [2.45, 2.75) is 18.4 Å². The lowest BCUT2D eigenvalue weighted by Gasteiger charge is -2.18. The number of anilines is 1. The van der Waals surface area contributed by atoms with Gasteiger partial charge in [-0.05, 0) is 18.9 Å². The number of nitrogens with one attached hydrogen (secondary N) is 1. The zero-order valence-corrected chi connectivity index (χ0v) is 10.0. The Labute approximate surface area is 108 Å². The molecule has 1 saturated carbocycles. The van der Waals surface area contributed by atoms with E-state index in [0.717, 1.165) is 4.68 Å². The molecule has 7 heteroatoms. The molecule has 1 aromatic heterocycles. The molecule has 0 aliphatic heterocycles. The van der Waals surface area contributed by atoms with E-state index >= 15 is 0 Å². The van der Waals surface area contributed by atoms with Crippen molar-refractivity contribution in [1.29, 1.82) is 0 Å². The van der Waals surface area contributed by atoms with E-state index in [1.54, 1.807) is 18.2 Å². The summed E-state index contributed by atoms with van der Waals surface area (Å²) in [4.78, 5) is 15.6. The van der Waals surface area contributed by atoms with Crippen molar-refractivity contribution in [2.75, 3.05) is 5.73 Å². The molecule has 0 atom stereocenters. The van der Waals surface area contributed by atoms with E-state index < -0.39 is 11.6 Å². The predicted molar refractivity (Wildman–Crippen MR) is 65.7 cm³/mol. The number of hydrogen-bond acceptors (Lipinski definition) is 4. The Morgan fingerprint density at radius 2 is 2.16 bits per heavy atom. The molecule has 0 unspecified atom stereocenters. The van der Waals surface area contributed by atoms with Gasteiger partial charge in [0.25, 0.3) is 0 Å². The molecule has 0 bridgehead atoms. The quantitative estimate of drug-likeness (QED) is 0.851. The number of benzene rings is 1. The van der Waals surface area contributed by atoms with Crippen LogP contribution in [0.2, 0.25) is 0 Å². The van der Waals surface area contributed by atoms with E-state index in [1.807, 2.05) is 0 Å². The fourth-order valence-electron chi connectivity index (χ4n) is 2.07. The van der Waals surface area contributed by atoms with Crippen LogP contribution in [0.15, 0.2) is 30.6 Å². The number of rotatable bonds is 2. The molecule has 1 amide bonds. The minimum absolute atomic E-state index is 0.0193. The smallest absolute Gasteiger partial charge is 0.344 e. The van der Waals surface area contributed by atoms with Gasteiger partial charge >= 0.3 is 6.03 Å². The highest BCUT2D eigenvalue weighted by atomic mass is 19.1. The van der Waals surface area contributed by atoms with E-state index in [9.17, 15) is 9.18 Å². The molecular weight excluding hydrogens is 249 g/mol. The topological polar surface area (TPSA) is 85.8 Å². The number of nitrogens with zero attached hydrogens (tertiary/aromatic N) is 3. The maximum absolute atomic E-state index is 13.8. The number of nitrogen functional groups attached to an aromatic ring is 1. The lowest BCUT2D eigenvalue weighted by molar-refractivity contribution is 0.234. The van der Waals surface area contributed by atoms with Crippen molar-refractivity contribution < 1.29 is 9.18 Å². The van der Waals surface area contributed by atoms with Crippen molar-refractivity contribution in [3.63, 3.8) is 0 Å². The van der Waals surface area contributed by atoms with Crippen molar-refractivity contribution in [3.8, 4) is 0 Å². The van der Waals surface area contributed by atoms with Crippen LogP contribution in [-0.2, 0) is 5.54 Å². The summed E-state index contributed by atoms with van der Waals surface area (Å²) in [5.74, 6) is -0.302. The lowest BCUT2D eigenvalue weighted by Crippen LogP contribution is -2.38. The van der Waals surface area contributed by atoms with Gasteiger partial charge in [0.1, 0.15) is 12.1 Å². The fourth-order valence-corrected chi connectivity index (χ4v) is 2.07. The van der Waals surface area contributed by atoms with Crippen molar-refractivity contribution in [3.05, 3.63) is 42.0 Å². The summed E-state index contributed by atoms with van der Waals surface area (Å²) in [6.07, 6.45) is 2.62. The van der Waals surface area contributed by atoms with Crippen LogP contribution in [0.1, 0.15) is 18.4 Å². The molecule has 0 radical (unpaired) electrons. The molecule has 0 saturated heterocycles. The van der Waals surface area contributed by atoms with Gasteiger partial charge in [0.2, 0.25) is 5.95 Å². The molecule has 2 aromatic rings. The number of amides is 1. The van der Waals surface area contributed by atoms with Crippen LogP contribution in [0.5, 0.6) is 0 Å². The molecule has 3 rings (SSSR count). The highest BCUT2D eigenvalue weighted by Crippen LogP contribution is 2.46. The molecule has 1 aliphatic rings. The highest BCUT2D eigenvalue weighted by Gasteiger charge is 2.47. The second-order valence-corrected chi connectivity index (χ2v) is 4.54. The maximum Gasteiger partial charge on any atom is 0.344 e. The average molecular weight is 261 g/mol. The third kappa shape index (κ3) is 2.03. The second kappa shape index (κ2) is 4.04. The molecule has 3 N–H and O–H groups in total. The van der Waals surface area contributed by atoms with Gasteiger partial charge in [-0.25, -0.2) is 14.2 Å². The largest absolute Gasteiger partial charge is 0.366 e. The molecule has 98 valence electrons. The highest BCUT2D eigenvalue weighted by molar-refractivity contribution is 5.77. The molecule has 6 nitrogen and oxygen atoms in total. The zero-order chi connectivity index (χ0) is 13.5. The first-order valence-electron chi connectivity index (χ1n) is 5.85. The van der Waals surface area contributed by atoms with Gasteiger partial charge in [0, 0.05) is 5.56 Å². The van der Waals surface area contributed by atoms with Gasteiger partial charge in [-0.1, -0.05) is 18.2 Å². The first-order valence-corrected chi connectivity index (χ1v) is 5.85. The second-order valence-electron chi connectivity index (χ2n) is 4.54. The van der Waals surface area contributed by atoms with Crippen molar-refractivity contribution in [1.82, 2.24) is 20.1 Å². The summed E-state index contributed by atoms with van der Waals surface area (Å²) in [6, 6.07) is 5.96. The van der Waals surface area contributed by atoms with Gasteiger partial charge in [0.15, 0.2) is 0 Å². The van der Waals surface area contributed by atoms with Crippen molar-refractivity contribution >= 4 is 12.0 Å². The number of carbonyl (C=O) groups is 1. The minimum atomic E-state index is -0.636. The van der Waals surface area contributed by atoms with Gasteiger partial charge in [-0.15, -0.1) is 5.10 Å². The maximum atomic E-state index is 13.8. The predicted octanol–water partition coefficient (Wildman–Crippen LogP) is 1.25. The van der Waals surface area contributed by atoms with Gasteiger partial charge in [0.05, 0.1) is 5.54 Å². The molecule has 1 aromatic carbocycles. The summed E-state index contributed by atoms with van der Waals surface area (Å²) in [6.45, 7) is 0. The third-order valence-electron chi connectivity index (χ3n) is 3.20. The zero-order valence-electron chi connectivity index (χ0n) is 10.0. The Balaban J connectivity index is 1.83. The van der Waals surface area contributed by atoms with E-state index in [2.05, 4.69) is 15.4 Å². The van der Waals surface area contributed by atoms with Crippen LogP contribution in [0.3, 0.4) is 0 Å². The first kappa shape index (κ1) is 11.6. The Kier molecular flexibility index (Phi) is 2.48. The van der Waals surface area contributed by atoms with E-state index in [-0.39, 0.29) is 11.8 Å². The summed E-state index contributed by atoms with van der Waals surface area (Å²) in [5, 5.41) is 6.50. The molecule has 19 heavy (non-hydrogen) atoms. The first-order chi connectivity index (χ1) is 9.11. The van der Waals surface area contributed by atoms with Crippen LogP contribution < -0.4 is 11.1 Å². The van der Waals surface area contributed by atoms with Gasteiger partial charge in [-0.3, -0.25) is 0 Å². The third-order valence-corrected chi connectivity index (χ3v) is 3.20. The average Bonchev–Trinajstić information content (AvgIpc) is 3.02. The standard InChI is InChI=1S/C12H12FN5O/c13-9-4-2-1-3-8(9)12(5-6-12)16-11(19)18-7-15-10(14)17-18/h1-4,7H,5-6H2,(H2,14,17)(H,16,19). The Hall–Kier alpha value is -2.44. The molecule has 1 fully saturated rings. The van der Waals surface area contributed by atoms with Crippen LogP contribution >= 0.6 is 0 Å². The van der Waals surface area contributed by atoms with Crippen LogP contribution in [0.4, 0.5) is 15.1 Å². The van der Waals surface area contributed by atoms with E-state index in [4.69, 9.17) is 5.73 Å². The summed E-state index contributed by atoms with van der Waals surface area (Å²) < 4.78 is 14.8. The fraction of sp³-hybridized carbons (Fsp3) is 0.250. The number of aromatic nitrogens is 3. The number of halogens is 1. The summed E-state index contributed by atoms with van der Waals surface area (Å²) in [7, 11) is 0. The molecular formula is C12H12FN5O. The SMILES string of the molecule is Nc1ncn(C(=O)NC2(c3ccccc3F)CC2)n1. The monoisotopic (exact) mass is 261 g/mol. The normalized spacial score (nSPS) is 16.1. The molecule has 0 spiro atoms. The Morgan fingerprint density at radius 3 is 2.74 bits per heavy atom. The van der Waals surface area contributed by atoms with Gasteiger partial charge in [-0.2, -0.15) is 4.68 Å². The van der Waals surface area contributed by atoms with Crippen LogP contribution in [-0.4, -0.2) is 20.8 Å². The van der Waals surface area contributed by atoms with Gasteiger partial charge < -0.3 is 11.1 Å². The number of nitrogens with two attached hydrogens (primary N) is 1. The number of carbonyl (C=O) groups excluding carboxylic acids is 1. The number of hydrogen-bond donors (Lipinski definition) is 2. The van der Waals surface area contributed by atoms with Crippen LogP contribution in [0, 0.1) is 5.82 Å². The molecule has 1 heterocycles. The summed E-state index contributed by atoms with van der Waals surface area (Å²) in [5.41, 5.74) is 5.21. The van der Waals surface area contributed by atoms with Crippen molar-refractivity contribution in [2.24, 2.45) is 0 Å². The Morgan fingerprint density at radius 1 is 1.42 bits per heavy atom. The minimum Gasteiger partial charge on any atom is -0.366 e. The van der Waals surface area contributed by atoms with Crippen LogP contribution in [0.25, 0.3) is 0 Å². The van der Waals surface area contributed by atoms with E-state index in [1.165, 1.54) is 12.4 Å². The van der Waals surface area contributed by atoms with E-state index in [0.29, 0.717) is 18.4 Å². The summed E-state index contributed by atoms with van der Waals surface area (Å²) >= 11 is 0. The molecule has 1 aliphatic carbocycles.